The summed E-state index contributed by atoms with van der Waals surface area (Å²) in [6, 6.07) is 8.04. The van der Waals surface area contributed by atoms with Gasteiger partial charge in [0.15, 0.2) is 0 Å². The quantitative estimate of drug-likeness (QED) is 0.765. The van der Waals surface area contributed by atoms with Crippen molar-refractivity contribution in [2.45, 2.75) is 5.92 Å². The van der Waals surface area contributed by atoms with E-state index in [1.807, 2.05) is 24.4 Å². The lowest BCUT2D eigenvalue weighted by Crippen LogP contribution is -2.14. The first-order chi connectivity index (χ1) is 6.92. The molecule has 1 atom stereocenters. The molecule has 1 unspecified atom stereocenters. The van der Waals surface area contributed by atoms with E-state index in [9.17, 15) is 0 Å². The van der Waals surface area contributed by atoms with Gasteiger partial charge in [-0.05, 0) is 29.8 Å². The minimum atomic E-state index is 0.244. The van der Waals surface area contributed by atoms with E-state index < -0.39 is 0 Å². The fourth-order valence-corrected chi connectivity index (χ4v) is 1.60. The second kappa shape index (κ2) is 4.07. The Balaban J connectivity index is 2.31. The van der Waals surface area contributed by atoms with Crippen LogP contribution >= 0.6 is 0 Å². The maximum atomic E-state index is 5.76. The Morgan fingerprint density at radius 3 is 2.64 bits per heavy atom. The third-order valence-electron chi connectivity index (χ3n) is 2.34. The molecule has 72 valence electrons. The van der Waals surface area contributed by atoms with Gasteiger partial charge >= 0.3 is 0 Å². The highest BCUT2D eigenvalue weighted by Gasteiger charge is 2.11. The molecule has 2 heterocycles. The Morgan fingerprint density at radius 2 is 2.07 bits per heavy atom. The van der Waals surface area contributed by atoms with Crippen LogP contribution in [-0.4, -0.2) is 16.5 Å². The second-order valence-corrected chi connectivity index (χ2v) is 3.19. The first-order valence-corrected chi connectivity index (χ1v) is 4.65. The van der Waals surface area contributed by atoms with Crippen LogP contribution in [0.2, 0.25) is 0 Å². The molecule has 0 fully saturated rings. The number of aromatic amines is 1. The Morgan fingerprint density at radius 1 is 1.29 bits per heavy atom. The molecule has 2 rings (SSSR count). The molecule has 0 spiro atoms. The van der Waals surface area contributed by atoms with E-state index >= 15 is 0 Å². The SMILES string of the molecule is NCC(c1ccncc1)c1ccc[nH]1. The summed E-state index contributed by atoms with van der Waals surface area (Å²) < 4.78 is 0. The van der Waals surface area contributed by atoms with Crippen molar-refractivity contribution in [3.05, 3.63) is 54.1 Å². The van der Waals surface area contributed by atoms with Crippen molar-refractivity contribution < 1.29 is 0 Å². The van der Waals surface area contributed by atoms with Gasteiger partial charge in [0, 0.05) is 36.7 Å². The van der Waals surface area contributed by atoms with Crippen LogP contribution in [0.3, 0.4) is 0 Å². The van der Waals surface area contributed by atoms with Crippen molar-refractivity contribution >= 4 is 0 Å². The molecule has 0 aliphatic rings. The lowest BCUT2D eigenvalue weighted by atomic mass is 9.97. The number of hydrogen-bond donors (Lipinski definition) is 2. The normalized spacial score (nSPS) is 12.6. The average molecular weight is 187 g/mol. The van der Waals surface area contributed by atoms with Crippen molar-refractivity contribution in [1.29, 1.82) is 0 Å². The maximum absolute atomic E-state index is 5.76. The fraction of sp³-hybridized carbons (Fsp3) is 0.182. The molecule has 2 aromatic rings. The number of nitrogens with one attached hydrogen (secondary N) is 1. The van der Waals surface area contributed by atoms with E-state index in [2.05, 4.69) is 16.0 Å². The first-order valence-electron chi connectivity index (χ1n) is 4.65. The summed E-state index contributed by atoms with van der Waals surface area (Å²) in [7, 11) is 0. The van der Waals surface area contributed by atoms with E-state index in [-0.39, 0.29) is 5.92 Å². The van der Waals surface area contributed by atoms with Crippen LogP contribution in [0, 0.1) is 0 Å². The predicted molar refractivity (Wildman–Crippen MR) is 55.9 cm³/mol. The van der Waals surface area contributed by atoms with E-state index in [4.69, 9.17) is 5.73 Å². The van der Waals surface area contributed by atoms with Crippen LogP contribution < -0.4 is 5.73 Å². The highest BCUT2D eigenvalue weighted by molar-refractivity contribution is 5.27. The van der Waals surface area contributed by atoms with Crippen LogP contribution in [0.5, 0.6) is 0 Å². The van der Waals surface area contributed by atoms with Gasteiger partial charge in [-0.1, -0.05) is 0 Å². The number of pyridine rings is 1. The van der Waals surface area contributed by atoms with Gasteiger partial charge in [-0.25, -0.2) is 0 Å². The minimum Gasteiger partial charge on any atom is -0.364 e. The molecule has 0 aliphatic heterocycles. The molecule has 3 heteroatoms. The van der Waals surface area contributed by atoms with Gasteiger partial charge < -0.3 is 10.7 Å². The molecular formula is C11H13N3. The van der Waals surface area contributed by atoms with Gasteiger partial charge in [-0.2, -0.15) is 0 Å². The zero-order chi connectivity index (χ0) is 9.80. The number of nitrogens with two attached hydrogens (primary N) is 1. The lowest BCUT2D eigenvalue weighted by Gasteiger charge is -2.12. The van der Waals surface area contributed by atoms with Gasteiger partial charge in [0.05, 0.1) is 0 Å². The van der Waals surface area contributed by atoms with Crippen molar-refractivity contribution in [2.75, 3.05) is 6.54 Å². The third-order valence-corrected chi connectivity index (χ3v) is 2.34. The summed E-state index contributed by atoms with van der Waals surface area (Å²) in [5, 5.41) is 0. The zero-order valence-electron chi connectivity index (χ0n) is 7.85. The maximum Gasteiger partial charge on any atom is 0.0364 e. The smallest absolute Gasteiger partial charge is 0.0364 e. The number of hydrogen-bond acceptors (Lipinski definition) is 2. The topological polar surface area (TPSA) is 54.7 Å². The van der Waals surface area contributed by atoms with E-state index in [0.717, 1.165) is 5.69 Å². The van der Waals surface area contributed by atoms with Crippen molar-refractivity contribution in [3.8, 4) is 0 Å². The van der Waals surface area contributed by atoms with Gasteiger partial charge in [0.25, 0.3) is 0 Å². The summed E-state index contributed by atoms with van der Waals surface area (Å²) in [6.07, 6.45) is 5.50. The Hall–Kier alpha value is -1.61. The molecule has 0 aromatic carbocycles. The molecule has 0 radical (unpaired) electrons. The summed E-state index contributed by atoms with van der Waals surface area (Å²) >= 11 is 0. The molecule has 0 bridgehead atoms. The summed E-state index contributed by atoms with van der Waals surface area (Å²) in [5.74, 6) is 0.244. The molecule has 0 saturated heterocycles. The van der Waals surface area contributed by atoms with Gasteiger partial charge in [-0.15, -0.1) is 0 Å². The molecule has 0 amide bonds. The zero-order valence-corrected chi connectivity index (χ0v) is 7.85. The molecular weight excluding hydrogens is 174 g/mol. The van der Waals surface area contributed by atoms with E-state index in [1.54, 1.807) is 12.4 Å². The van der Waals surface area contributed by atoms with Crippen LogP contribution in [0.25, 0.3) is 0 Å². The third kappa shape index (κ3) is 1.67. The molecule has 0 aliphatic carbocycles. The minimum absolute atomic E-state index is 0.244. The number of aromatic nitrogens is 2. The standard InChI is InChI=1S/C11H13N3/c12-8-10(11-2-1-5-14-11)9-3-6-13-7-4-9/h1-7,10,14H,8,12H2. The lowest BCUT2D eigenvalue weighted by molar-refractivity contribution is 0.792. The highest BCUT2D eigenvalue weighted by Crippen LogP contribution is 2.20. The molecule has 14 heavy (non-hydrogen) atoms. The van der Waals surface area contributed by atoms with Gasteiger partial charge in [0.2, 0.25) is 0 Å². The van der Waals surface area contributed by atoms with Crippen molar-refractivity contribution in [3.63, 3.8) is 0 Å². The van der Waals surface area contributed by atoms with Crippen LogP contribution in [0.1, 0.15) is 17.2 Å². The van der Waals surface area contributed by atoms with Crippen LogP contribution in [0.15, 0.2) is 42.9 Å². The van der Waals surface area contributed by atoms with Gasteiger partial charge in [0.1, 0.15) is 0 Å². The molecule has 0 saturated carbocycles. The highest BCUT2D eigenvalue weighted by atomic mass is 14.7. The predicted octanol–water partition coefficient (Wildman–Crippen LogP) is 1.50. The summed E-state index contributed by atoms with van der Waals surface area (Å²) in [4.78, 5) is 7.18. The Kier molecular flexibility index (Phi) is 2.60. The number of nitrogens with zero attached hydrogens (tertiary/aromatic N) is 1. The van der Waals surface area contributed by atoms with E-state index in [0.29, 0.717) is 6.54 Å². The van der Waals surface area contributed by atoms with Gasteiger partial charge in [-0.3, -0.25) is 4.98 Å². The number of H-pyrrole nitrogens is 1. The van der Waals surface area contributed by atoms with Crippen molar-refractivity contribution in [1.82, 2.24) is 9.97 Å². The van der Waals surface area contributed by atoms with Crippen molar-refractivity contribution in [2.24, 2.45) is 5.73 Å². The van der Waals surface area contributed by atoms with Crippen LogP contribution in [0.4, 0.5) is 0 Å². The number of rotatable bonds is 3. The monoisotopic (exact) mass is 187 g/mol. The summed E-state index contributed by atoms with van der Waals surface area (Å²) in [5.41, 5.74) is 8.11. The largest absolute Gasteiger partial charge is 0.364 e. The second-order valence-electron chi connectivity index (χ2n) is 3.19. The first kappa shape index (κ1) is 8.97. The molecule has 3 nitrogen and oxygen atoms in total. The van der Waals surface area contributed by atoms with Crippen LogP contribution in [-0.2, 0) is 0 Å². The molecule has 2 aromatic heterocycles. The Bertz CT molecular complexity index is 367. The fourth-order valence-electron chi connectivity index (χ4n) is 1.60. The molecule has 3 N–H and O–H groups in total. The summed E-state index contributed by atoms with van der Waals surface area (Å²) in [6.45, 7) is 0.602. The Labute approximate surface area is 83.0 Å². The average Bonchev–Trinajstić information content (AvgIpc) is 2.74. The van der Waals surface area contributed by atoms with E-state index in [1.165, 1.54) is 5.56 Å².